The first kappa shape index (κ1) is 30.3. The van der Waals surface area contributed by atoms with Crippen LogP contribution in [-0.4, -0.2) is 43.7 Å². The van der Waals surface area contributed by atoms with Gasteiger partial charge >= 0.3 is 23.3 Å². The van der Waals surface area contributed by atoms with Gasteiger partial charge < -0.3 is 20.1 Å². The lowest BCUT2D eigenvalue weighted by molar-refractivity contribution is -0.386. The molecule has 2 aromatic carbocycles. The molecule has 2 fully saturated rings. The van der Waals surface area contributed by atoms with E-state index in [0.717, 1.165) is 32.1 Å². The quantitative estimate of drug-likeness (QED) is 0.213. The lowest BCUT2D eigenvalue weighted by Crippen LogP contribution is -2.24. The van der Waals surface area contributed by atoms with Gasteiger partial charge in [-0.3, -0.25) is 29.8 Å². The zero-order valence-electron chi connectivity index (χ0n) is 22.2. The number of para-hydroxylation sites is 2. The van der Waals surface area contributed by atoms with E-state index in [1.807, 2.05) is 0 Å². The SMILES string of the molecule is CCOC(=O)C1CCCC(c2cccc([N+](=O)[O-])c2O)C1.O=C(O)C1CCCC(c2cccc([N+](=O)[O-])c2O)C1. The lowest BCUT2D eigenvalue weighted by Gasteiger charge is -2.28. The number of aliphatic carboxylic acids is 1. The predicted molar refractivity (Wildman–Crippen MR) is 143 cm³/mol. The van der Waals surface area contributed by atoms with Crippen molar-refractivity contribution in [2.24, 2.45) is 11.8 Å². The first-order valence-corrected chi connectivity index (χ1v) is 13.4. The molecule has 0 heterocycles. The van der Waals surface area contributed by atoms with Crippen LogP contribution in [0.2, 0.25) is 0 Å². The number of phenolic OH excluding ortho intramolecular Hbond substituents is 2. The van der Waals surface area contributed by atoms with Crippen molar-refractivity contribution < 1.29 is 39.5 Å². The second kappa shape index (κ2) is 13.7. The summed E-state index contributed by atoms with van der Waals surface area (Å²) < 4.78 is 5.05. The molecule has 12 heteroatoms. The Morgan fingerprint density at radius 3 is 1.70 bits per heavy atom. The first-order chi connectivity index (χ1) is 19.0. The van der Waals surface area contributed by atoms with Crippen LogP contribution in [0.4, 0.5) is 11.4 Å². The monoisotopic (exact) mass is 558 g/mol. The average molecular weight is 559 g/mol. The summed E-state index contributed by atoms with van der Waals surface area (Å²) in [7, 11) is 0. The van der Waals surface area contributed by atoms with Gasteiger partial charge in [-0.05, 0) is 57.3 Å². The fourth-order valence-corrected chi connectivity index (χ4v) is 5.69. The number of carboxylic acids is 1. The number of nitrogens with zero attached hydrogens (tertiary/aromatic N) is 2. The molecule has 0 saturated heterocycles. The second-order valence-corrected chi connectivity index (χ2v) is 10.2. The van der Waals surface area contributed by atoms with E-state index in [9.17, 15) is 40.0 Å². The zero-order valence-corrected chi connectivity index (χ0v) is 22.2. The minimum atomic E-state index is -0.838. The summed E-state index contributed by atoms with van der Waals surface area (Å²) in [5, 5.41) is 50.7. The van der Waals surface area contributed by atoms with Crippen molar-refractivity contribution in [3.05, 3.63) is 67.8 Å². The maximum atomic E-state index is 11.8. The maximum Gasteiger partial charge on any atom is 0.310 e. The molecule has 2 saturated carbocycles. The van der Waals surface area contributed by atoms with Crippen molar-refractivity contribution in [2.75, 3.05) is 6.61 Å². The number of nitro benzene ring substituents is 2. The number of hydrogen-bond donors (Lipinski definition) is 3. The second-order valence-electron chi connectivity index (χ2n) is 10.2. The summed E-state index contributed by atoms with van der Waals surface area (Å²) >= 11 is 0. The number of hydrogen-bond acceptors (Lipinski definition) is 9. The van der Waals surface area contributed by atoms with Gasteiger partial charge in [0.15, 0.2) is 11.5 Å². The van der Waals surface area contributed by atoms with E-state index in [4.69, 9.17) is 9.84 Å². The van der Waals surface area contributed by atoms with Crippen molar-refractivity contribution in [3.8, 4) is 11.5 Å². The van der Waals surface area contributed by atoms with E-state index in [2.05, 4.69) is 0 Å². The van der Waals surface area contributed by atoms with Gasteiger partial charge in [0.1, 0.15) is 0 Å². The van der Waals surface area contributed by atoms with Gasteiger partial charge in [-0.15, -0.1) is 0 Å². The molecule has 40 heavy (non-hydrogen) atoms. The molecular weight excluding hydrogens is 524 g/mol. The number of ether oxygens (including phenoxy) is 1. The standard InChI is InChI=1S/C15H19NO5.C13H15NO5/c1-2-21-15(18)11-6-3-5-10(9-11)12-7-4-8-13(14(12)17)16(19)20;15-12-10(5-2-6-11(12)14(18)19)8-3-1-4-9(7-8)13(16)17/h4,7-8,10-11,17H,2-3,5-6,9H2,1H3;2,5-6,8-9,15H,1,3-4,7H2,(H,16,17). The van der Waals surface area contributed by atoms with Crippen LogP contribution in [0.25, 0.3) is 0 Å². The van der Waals surface area contributed by atoms with Crippen molar-refractivity contribution in [1.29, 1.82) is 0 Å². The number of phenols is 2. The van der Waals surface area contributed by atoms with Gasteiger partial charge in [0.05, 0.1) is 28.3 Å². The largest absolute Gasteiger partial charge is 0.502 e. The number of carbonyl (C=O) groups excluding carboxylic acids is 1. The Hall–Kier alpha value is -4.22. The number of esters is 1. The minimum Gasteiger partial charge on any atom is -0.502 e. The van der Waals surface area contributed by atoms with Gasteiger partial charge in [0.25, 0.3) is 0 Å². The van der Waals surface area contributed by atoms with Crippen molar-refractivity contribution in [3.63, 3.8) is 0 Å². The molecule has 0 amide bonds. The molecule has 4 unspecified atom stereocenters. The highest BCUT2D eigenvalue weighted by atomic mass is 16.6. The molecule has 2 aliphatic carbocycles. The molecular formula is C28H34N2O10. The topological polar surface area (TPSA) is 190 Å². The Labute approximate surface area is 230 Å². The fraction of sp³-hybridized carbons (Fsp3) is 0.500. The molecule has 0 aromatic heterocycles. The lowest BCUT2D eigenvalue weighted by atomic mass is 9.77. The normalized spacial score (nSPS) is 22.3. The number of aromatic hydroxyl groups is 2. The third-order valence-corrected chi connectivity index (χ3v) is 7.68. The van der Waals surface area contributed by atoms with Crippen LogP contribution in [0.15, 0.2) is 36.4 Å². The van der Waals surface area contributed by atoms with Crippen molar-refractivity contribution >= 4 is 23.3 Å². The third-order valence-electron chi connectivity index (χ3n) is 7.68. The molecule has 0 bridgehead atoms. The molecule has 0 aliphatic heterocycles. The van der Waals surface area contributed by atoms with E-state index in [1.54, 1.807) is 25.1 Å². The molecule has 12 nitrogen and oxygen atoms in total. The Bertz CT molecular complexity index is 1250. The number of carbonyl (C=O) groups is 2. The minimum absolute atomic E-state index is 0.0481. The van der Waals surface area contributed by atoms with Crippen LogP contribution < -0.4 is 0 Å². The molecule has 2 aromatic rings. The highest BCUT2D eigenvalue weighted by molar-refractivity contribution is 5.72. The maximum absolute atomic E-state index is 11.8. The van der Waals surface area contributed by atoms with Crippen LogP contribution in [-0.2, 0) is 14.3 Å². The molecule has 4 rings (SSSR count). The van der Waals surface area contributed by atoms with Gasteiger partial charge in [-0.25, -0.2) is 0 Å². The summed E-state index contributed by atoms with van der Waals surface area (Å²) in [6.07, 6.45) is 5.54. The van der Waals surface area contributed by atoms with E-state index in [0.29, 0.717) is 37.0 Å². The van der Waals surface area contributed by atoms with E-state index in [1.165, 1.54) is 18.2 Å². The van der Waals surface area contributed by atoms with Gasteiger partial charge in [0.2, 0.25) is 0 Å². The molecule has 2 aliphatic rings. The van der Waals surface area contributed by atoms with Crippen LogP contribution >= 0.6 is 0 Å². The van der Waals surface area contributed by atoms with Crippen LogP contribution in [0.5, 0.6) is 11.5 Å². The number of benzene rings is 2. The summed E-state index contributed by atoms with van der Waals surface area (Å²) in [4.78, 5) is 43.3. The number of carboxylic acid groups (broad SMARTS) is 1. The van der Waals surface area contributed by atoms with E-state index < -0.39 is 21.7 Å². The molecule has 0 radical (unpaired) electrons. The first-order valence-electron chi connectivity index (χ1n) is 13.4. The highest BCUT2D eigenvalue weighted by Gasteiger charge is 2.32. The van der Waals surface area contributed by atoms with Crippen LogP contribution in [0.1, 0.15) is 81.3 Å². The number of nitro groups is 2. The Morgan fingerprint density at radius 1 is 0.825 bits per heavy atom. The van der Waals surface area contributed by atoms with Crippen LogP contribution in [0, 0.1) is 32.1 Å². The van der Waals surface area contributed by atoms with Crippen LogP contribution in [0.3, 0.4) is 0 Å². The highest BCUT2D eigenvalue weighted by Crippen LogP contribution is 2.44. The van der Waals surface area contributed by atoms with Crippen molar-refractivity contribution in [2.45, 2.75) is 70.1 Å². The predicted octanol–water partition coefficient (Wildman–Crippen LogP) is 5.80. The summed E-state index contributed by atoms with van der Waals surface area (Å²) in [5.41, 5.74) is 0.430. The zero-order chi connectivity index (χ0) is 29.4. The van der Waals surface area contributed by atoms with Gasteiger partial charge in [-0.1, -0.05) is 37.1 Å². The number of rotatable bonds is 7. The summed E-state index contributed by atoms with van der Waals surface area (Å²) in [6, 6.07) is 8.96. The van der Waals surface area contributed by atoms with E-state index in [-0.39, 0.29) is 46.6 Å². The Morgan fingerprint density at radius 2 is 1.27 bits per heavy atom. The smallest absolute Gasteiger partial charge is 0.310 e. The molecule has 3 N–H and O–H groups in total. The molecule has 4 atom stereocenters. The average Bonchev–Trinajstić information content (AvgIpc) is 2.93. The Balaban J connectivity index is 0.000000222. The third kappa shape index (κ3) is 7.25. The van der Waals surface area contributed by atoms with Gasteiger partial charge in [-0.2, -0.15) is 0 Å². The fourth-order valence-electron chi connectivity index (χ4n) is 5.69. The van der Waals surface area contributed by atoms with E-state index >= 15 is 0 Å². The van der Waals surface area contributed by atoms with Gasteiger partial charge in [0, 0.05) is 23.3 Å². The molecule has 0 spiro atoms. The Kier molecular flexibility index (Phi) is 10.4. The molecule has 216 valence electrons. The summed E-state index contributed by atoms with van der Waals surface area (Å²) in [5.74, 6) is -2.47. The van der Waals surface area contributed by atoms with Crippen molar-refractivity contribution in [1.82, 2.24) is 0 Å². The summed E-state index contributed by atoms with van der Waals surface area (Å²) in [6.45, 7) is 2.12.